The van der Waals surface area contributed by atoms with Gasteiger partial charge in [-0.05, 0) is 73.9 Å². The van der Waals surface area contributed by atoms with E-state index in [-0.39, 0.29) is 16.8 Å². The van der Waals surface area contributed by atoms with E-state index in [1.165, 1.54) is 4.31 Å². The molecule has 5 nitrogen and oxygen atoms in total. The molecule has 1 aliphatic heterocycles. The van der Waals surface area contributed by atoms with Crippen LogP contribution in [0.3, 0.4) is 0 Å². The largest absolute Gasteiger partial charge is 0.322 e. The first kappa shape index (κ1) is 20.4. The molecule has 0 radical (unpaired) electrons. The van der Waals surface area contributed by atoms with Crippen molar-refractivity contribution in [3.05, 3.63) is 88.4 Å². The predicted molar refractivity (Wildman–Crippen MR) is 120 cm³/mol. The van der Waals surface area contributed by atoms with Gasteiger partial charge in [-0.2, -0.15) is 0 Å². The molecule has 0 saturated heterocycles. The summed E-state index contributed by atoms with van der Waals surface area (Å²) in [5.74, 6) is -0.269. The van der Waals surface area contributed by atoms with Crippen LogP contribution in [-0.2, 0) is 16.4 Å². The molecule has 0 unspecified atom stereocenters. The van der Waals surface area contributed by atoms with Gasteiger partial charge < -0.3 is 5.32 Å². The number of carbonyl (C=O) groups excluding carboxylic acids is 1. The first-order valence-corrected chi connectivity index (χ1v) is 11.4. The molecule has 0 spiro atoms. The number of sulfonamides is 1. The Hall–Kier alpha value is -2.83. The monoisotopic (exact) mass is 440 g/mol. The number of benzene rings is 3. The van der Waals surface area contributed by atoms with E-state index in [1.54, 1.807) is 60.7 Å². The summed E-state index contributed by atoms with van der Waals surface area (Å²) in [6, 6.07) is 18.6. The zero-order valence-corrected chi connectivity index (χ0v) is 18.2. The van der Waals surface area contributed by atoms with Gasteiger partial charge in [0.1, 0.15) is 0 Å². The fourth-order valence-corrected chi connectivity index (χ4v) is 5.58. The van der Waals surface area contributed by atoms with Crippen molar-refractivity contribution < 1.29 is 13.2 Å². The molecular formula is C23H21ClN2O3S. The molecule has 3 aromatic carbocycles. The molecule has 7 heteroatoms. The Morgan fingerprint density at radius 1 is 1.07 bits per heavy atom. The number of aryl methyl sites for hydroxylation is 1. The molecular weight excluding hydrogens is 420 g/mol. The number of anilines is 2. The van der Waals surface area contributed by atoms with Crippen LogP contribution in [0.5, 0.6) is 0 Å². The lowest BCUT2D eigenvalue weighted by Gasteiger charge is -2.24. The van der Waals surface area contributed by atoms with Crippen molar-refractivity contribution in [1.29, 1.82) is 0 Å². The van der Waals surface area contributed by atoms with E-state index in [2.05, 4.69) is 5.32 Å². The van der Waals surface area contributed by atoms with Crippen LogP contribution in [0.4, 0.5) is 11.4 Å². The second kappa shape index (κ2) is 7.78. The highest BCUT2D eigenvalue weighted by atomic mass is 35.5. The molecule has 1 amide bonds. The maximum atomic E-state index is 13.2. The molecule has 1 atom stereocenters. The number of amides is 1. The van der Waals surface area contributed by atoms with Gasteiger partial charge in [0.2, 0.25) is 0 Å². The van der Waals surface area contributed by atoms with Crippen LogP contribution in [-0.4, -0.2) is 20.4 Å². The molecule has 0 saturated carbocycles. The molecule has 1 N–H and O–H groups in total. The van der Waals surface area contributed by atoms with Crippen LogP contribution in [0.2, 0.25) is 5.02 Å². The molecule has 154 valence electrons. The number of rotatable bonds is 4. The average Bonchev–Trinajstić information content (AvgIpc) is 3.07. The zero-order chi connectivity index (χ0) is 21.5. The fraction of sp³-hybridized carbons (Fsp3) is 0.174. The molecule has 4 rings (SSSR count). The van der Waals surface area contributed by atoms with Crippen molar-refractivity contribution in [2.75, 3.05) is 9.62 Å². The van der Waals surface area contributed by atoms with Crippen molar-refractivity contribution in [3.8, 4) is 0 Å². The number of nitrogens with zero attached hydrogens (tertiary/aromatic N) is 1. The van der Waals surface area contributed by atoms with E-state index in [9.17, 15) is 13.2 Å². The fourth-order valence-electron chi connectivity index (χ4n) is 3.69. The molecule has 1 aliphatic rings. The molecule has 0 bridgehead atoms. The minimum atomic E-state index is -3.67. The van der Waals surface area contributed by atoms with Crippen LogP contribution in [0.25, 0.3) is 0 Å². The Bertz CT molecular complexity index is 1230. The number of halogens is 1. The van der Waals surface area contributed by atoms with E-state index < -0.39 is 10.0 Å². The minimum absolute atomic E-state index is 0.237. The highest BCUT2D eigenvalue weighted by molar-refractivity contribution is 7.92. The normalized spacial score (nSPS) is 15.7. The molecule has 0 fully saturated rings. The SMILES string of the molecule is Cc1ccc(NC(=O)c2ccc3c(c2)C[C@H](C)N3S(=O)(=O)c2ccccc2)cc1Cl. The Morgan fingerprint density at radius 2 is 1.80 bits per heavy atom. The van der Waals surface area contributed by atoms with E-state index >= 15 is 0 Å². The second-order valence-corrected chi connectivity index (χ2v) is 9.65. The van der Waals surface area contributed by atoms with Gasteiger partial charge in [0, 0.05) is 22.3 Å². The van der Waals surface area contributed by atoms with Gasteiger partial charge in [0.15, 0.2) is 0 Å². The number of fused-ring (bicyclic) bond motifs is 1. The van der Waals surface area contributed by atoms with Gasteiger partial charge in [0.25, 0.3) is 15.9 Å². The van der Waals surface area contributed by atoms with Gasteiger partial charge >= 0.3 is 0 Å². The number of carbonyl (C=O) groups is 1. The Balaban J connectivity index is 1.62. The van der Waals surface area contributed by atoms with Gasteiger partial charge in [-0.1, -0.05) is 35.9 Å². The zero-order valence-electron chi connectivity index (χ0n) is 16.6. The van der Waals surface area contributed by atoms with E-state index in [1.807, 2.05) is 19.9 Å². The third kappa shape index (κ3) is 3.68. The summed E-state index contributed by atoms with van der Waals surface area (Å²) in [4.78, 5) is 13.0. The van der Waals surface area contributed by atoms with Crippen LogP contribution in [0.15, 0.2) is 71.6 Å². The van der Waals surface area contributed by atoms with Crippen molar-refractivity contribution in [1.82, 2.24) is 0 Å². The lowest BCUT2D eigenvalue weighted by atomic mass is 10.1. The quantitative estimate of drug-likeness (QED) is 0.618. The Kier molecular flexibility index (Phi) is 5.30. The van der Waals surface area contributed by atoms with Crippen LogP contribution in [0, 0.1) is 6.92 Å². The highest BCUT2D eigenvalue weighted by Gasteiger charge is 2.36. The minimum Gasteiger partial charge on any atom is -0.322 e. The Labute approximate surface area is 181 Å². The first-order chi connectivity index (χ1) is 14.3. The highest BCUT2D eigenvalue weighted by Crippen LogP contribution is 2.37. The summed E-state index contributed by atoms with van der Waals surface area (Å²) >= 11 is 6.13. The molecule has 0 aromatic heterocycles. The van der Waals surface area contributed by atoms with Gasteiger partial charge in [0.05, 0.1) is 10.6 Å². The van der Waals surface area contributed by atoms with Gasteiger partial charge in [-0.25, -0.2) is 8.42 Å². The topological polar surface area (TPSA) is 66.5 Å². The third-order valence-corrected chi connectivity index (χ3v) is 7.57. The van der Waals surface area contributed by atoms with Crippen molar-refractivity contribution >= 4 is 38.9 Å². The number of hydrogen-bond donors (Lipinski definition) is 1. The summed E-state index contributed by atoms with van der Waals surface area (Å²) in [7, 11) is -3.67. The third-order valence-electron chi connectivity index (χ3n) is 5.22. The first-order valence-electron chi connectivity index (χ1n) is 9.57. The molecule has 1 heterocycles. The number of hydrogen-bond acceptors (Lipinski definition) is 3. The van der Waals surface area contributed by atoms with Gasteiger partial charge in [-0.3, -0.25) is 9.10 Å². The van der Waals surface area contributed by atoms with Crippen LogP contribution < -0.4 is 9.62 Å². The van der Waals surface area contributed by atoms with Crippen molar-refractivity contribution in [2.45, 2.75) is 31.2 Å². The lowest BCUT2D eigenvalue weighted by molar-refractivity contribution is 0.102. The van der Waals surface area contributed by atoms with E-state index in [0.717, 1.165) is 11.1 Å². The van der Waals surface area contributed by atoms with Crippen LogP contribution in [0.1, 0.15) is 28.4 Å². The standard InChI is InChI=1S/C23H21ClN2O3S/c1-15-8-10-19(14-21(15)24)25-23(27)17-9-11-22-18(13-17)12-16(2)26(22)30(28,29)20-6-4-3-5-7-20/h3-11,13-14,16H,12H2,1-2H3,(H,25,27)/t16-/m0/s1. The maximum absolute atomic E-state index is 13.2. The summed E-state index contributed by atoms with van der Waals surface area (Å²) in [5, 5.41) is 3.42. The maximum Gasteiger partial charge on any atom is 0.264 e. The summed E-state index contributed by atoms with van der Waals surface area (Å²) < 4.78 is 27.8. The molecule has 30 heavy (non-hydrogen) atoms. The van der Waals surface area contributed by atoms with Crippen LogP contribution >= 0.6 is 11.6 Å². The lowest BCUT2D eigenvalue weighted by Crippen LogP contribution is -2.35. The summed E-state index contributed by atoms with van der Waals surface area (Å²) in [6.45, 7) is 3.76. The number of nitrogens with one attached hydrogen (secondary N) is 1. The summed E-state index contributed by atoms with van der Waals surface area (Å²) in [6.07, 6.45) is 0.541. The smallest absolute Gasteiger partial charge is 0.264 e. The molecule has 3 aromatic rings. The summed E-state index contributed by atoms with van der Waals surface area (Å²) in [5.41, 5.74) is 3.45. The van der Waals surface area contributed by atoms with E-state index in [0.29, 0.717) is 28.4 Å². The predicted octanol–water partition coefficient (Wildman–Crippen LogP) is 5.04. The van der Waals surface area contributed by atoms with Gasteiger partial charge in [-0.15, -0.1) is 0 Å². The van der Waals surface area contributed by atoms with Crippen molar-refractivity contribution in [3.63, 3.8) is 0 Å². The van der Waals surface area contributed by atoms with Crippen molar-refractivity contribution in [2.24, 2.45) is 0 Å². The van der Waals surface area contributed by atoms with E-state index in [4.69, 9.17) is 11.6 Å². The Morgan fingerprint density at radius 3 is 2.50 bits per heavy atom. The average molecular weight is 441 g/mol. The second-order valence-electron chi connectivity index (χ2n) is 7.43. The molecule has 0 aliphatic carbocycles.